The minimum absolute atomic E-state index is 0.0921. The van der Waals surface area contributed by atoms with E-state index < -0.39 is 0 Å². The molecule has 2 fully saturated rings. The van der Waals surface area contributed by atoms with Crippen molar-refractivity contribution in [3.63, 3.8) is 0 Å². The molecule has 1 aromatic rings. The van der Waals surface area contributed by atoms with Crippen molar-refractivity contribution in [2.24, 2.45) is 5.73 Å². The standard InChI is InChI=1S/C13H21N3O2/c14-13(5-3-6-13)9-12-15-11(16-18-12)8-10-4-1-2-7-17-10/h10H,1-9,14H2. The molecule has 2 N–H and O–H groups in total. The second-order valence-electron chi connectivity index (χ2n) is 5.69. The third-order valence-corrected chi connectivity index (χ3v) is 4.05. The normalized spacial score (nSPS) is 26.8. The second kappa shape index (κ2) is 4.97. The van der Waals surface area contributed by atoms with Crippen molar-refractivity contribution in [3.05, 3.63) is 11.7 Å². The number of aromatic nitrogens is 2. The van der Waals surface area contributed by atoms with Crippen LogP contribution in [-0.2, 0) is 17.6 Å². The summed E-state index contributed by atoms with van der Waals surface area (Å²) in [4.78, 5) is 4.43. The topological polar surface area (TPSA) is 74.2 Å². The van der Waals surface area contributed by atoms with Gasteiger partial charge in [0.25, 0.3) is 0 Å². The smallest absolute Gasteiger partial charge is 0.228 e. The van der Waals surface area contributed by atoms with E-state index in [-0.39, 0.29) is 11.6 Å². The van der Waals surface area contributed by atoms with Gasteiger partial charge in [-0.3, -0.25) is 0 Å². The molecule has 18 heavy (non-hydrogen) atoms. The average molecular weight is 251 g/mol. The van der Waals surface area contributed by atoms with Crippen LogP contribution in [0, 0.1) is 0 Å². The lowest BCUT2D eigenvalue weighted by molar-refractivity contribution is 0.0153. The van der Waals surface area contributed by atoms with Gasteiger partial charge in [0, 0.05) is 25.0 Å². The fourth-order valence-corrected chi connectivity index (χ4v) is 2.73. The minimum atomic E-state index is -0.0921. The zero-order valence-electron chi connectivity index (χ0n) is 10.7. The van der Waals surface area contributed by atoms with E-state index in [4.69, 9.17) is 15.0 Å². The number of nitrogens with two attached hydrogens (primary N) is 1. The van der Waals surface area contributed by atoms with Crippen molar-refractivity contribution in [1.82, 2.24) is 10.1 Å². The summed E-state index contributed by atoms with van der Waals surface area (Å²) in [7, 11) is 0. The molecule has 5 heteroatoms. The van der Waals surface area contributed by atoms with E-state index in [1.165, 1.54) is 19.3 Å². The predicted molar refractivity (Wildman–Crippen MR) is 66.1 cm³/mol. The molecule has 1 saturated carbocycles. The lowest BCUT2D eigenvalue weighted by atomic mass is 9.75. The van der Waals surface area contributed by atoms with Gasteiger partial charge in [0.1, 0.15) is 0 Å². The zero-order chi connectivity index (χ0) is 12.4. The molecule has 0 amide bonds. The Hall–Kier alpha value is -0.940. The van der Waals surface area contributed by atoms with E-state index in [0.717, 1.165) is 38.1 Å². The first-order valence-electron chi connectivity index (χ1n) is 6.95. The summed E-state index contributed by atoms with van der Waals surface area (Å²) < 4.78 is 11.0. The Balaban J connectivity index is 1.55. The fourth-order valence-electron chi connectivity index (χ4n) is 2.73. The highest BCUT2D eigenvalue weighted by atomic mass is 16.5. The number of ether oxygens (including phenoxy) is 1. The van der Waals surface area contributed by atoms with Crippen LogP contribution in [0.5, 0.6) is 0 Å². The van der Waals surface area contributed by atoms with Gasteiger partial charge in [-0.25, -0.2) is 0 Å². The van der Waals surface area contributed by atoms with E-state index in [0.29, 0.717) is 12.3 Å². The van der Waals surface area contributed by atoms with E-state index in [1.807, 2.05) is 0 Å². The first-order valence-corrected chi connectivity index (χ1v) is 6.95. The minimum Gasteiger partial charge on any atom is -0.378 e. The molecule has 2 heterocycles. The molecule has 0 aromatic carbocycles. The zero-order valence-corrected chi connectivity index (χ0v) is 10.7. The van der Waals surface area contributed by atoms with Gasteiger partial charge < -0.3 is 15.0 Å². The van der Waals surface area contributed by atoms with Crippen LogP contribution < -0.4 is 5.73 Å². The largest absolute Gasteiger partial charge is 0.378 e. The van der Waals surface area contributed by atoms with Gasteiger partial charge in [-0.05, 0) is 38.5 Å². The van der Waals surface area contributed by atoms with Crippen molar-refractivity contribution in [2.75, 3.05) is 6.61 Å². The van der Waals surface area contributed by atoms with E-state index in [9.17, 15) is 0 Å². The van der Waals surface area contributed by atoms with Crippen LogP contribution in [0.1, 0.15) is 50.2 Å². The van der Waals surface area contributed by atoms with Crippen LogP contribution in [0.4, 0.5) is 0 Å². The van der Waals surface area contributed by atoms with Gasteiger partial charge in [-0.2, -0.15) is 4.98 Å². The maximum Gasteiger partial charge on any atom is 0.228 e. The molecule has 1 atom stereocenters. The Bertz CT molecular complexity index is 395. The summed E-state index contributed by atoms with van der Waals surface area (Å²) in [6.07, 6.45) is 8.60. The quantitative estimate of drug-likeness (QED) is 0.880. The number of nitrogens with zero attached hydrogens (tertiary/aromatic N) is 2. The average Bonchev–Trinajstić information content (AvgIpc) is 2.76. The molecule has 5 nitrogen and oxygen atoms in total. The molecule has 1 aliphatic carbocycles. The van der Waals surface area contributed by atoms with E-state index >= 15 is 0 Å². The molecule has 1 aromatic heterocycles. The Morgan fingerprint density at radius 2 is 2.17 bits per heavy atom. The van der Waals surface area contributed by atoms with Crippen LogP contribution >= 0.6 is 0 Å². The summed E-state index contributed by atoms with van der Waals surface area (Å²) >= 11 is 0. The Morgan fingerprint density at radius 1 is 1.28 bits per heavy atom. The van der Waals surface area contributed by atoms with E-state index in [1.54, 1.807) is 0 Å². The predicted octanol–water partition coefficient (Wildman–Crippen LogP) is 1.61. The molecular formula is C13H21N3O2. The van der Waals surface area contributed by atoms with Crippen molar-refractivity contribution in [2.45, 2.75) is 63.0 Å². The van der Waals surface area contributed by atoms with Crippen molar-refractivity contribution in [3.8, 4) is 0 Å². The third kappa shape index (κ3) is 2.72. The van der Waals surface area contributed by atoms with E-state index in [2.05, 4.69) is 10.1 Å². The lowest BCUT2D eigenvalue weighted by Crippen LogP contribution is -2.48. The highest BCUT2D eigenvalue weighted by Gasteiger charge is 2.34. The monoisotopic (exact) mass is 251 g/mol. The van der Waals surface area contributed by atoms with Gasteiger partial charge in [0.05, 0.1) is 6.10 Å². The molecule has 1 unspecified atom stereocenters. The summed E-state index contributed by atoms with van der Waals surface area (Å²) in [6, 6.07) is 0. The molecule has 0 spiro atoms. The van der Waals surface area contributed by atoms with Crippen LogP contribution in [0.3, 0.4) is 0 Å². The van der Waals surface area contributed by atoms with Crippen molar-refractivity contribution in [1.29, 1.82) is 0 Å². The summed E-state index contributed by atoms with van der Waals surface area (Å²) in [6.45, 7) is 0.862. The van der Waals surface area contributed by atoms with Crippen LogP contribution in [0.15, 0.2) is 4.52 Å². The third-order valence-electron chi connectivity index (χ3n) is 4.05. The highest BCUT2D eigenvalue weighted by molar-refractivity contribution is 5.01. The summed E-state index contributed by atoms with van der Waals surface area (Å²) in [5.74, 6) is 1.45. The Kier molecular flexibility index (Phi) is 3.35. The van der Waals surface area contributed by atoms with Crippen LogP contribution in [0.25, 0.3) is 0 Å². The van der Waals surface area contributed by atoms with Gasteiger partial charge >= 0.3 is 0 Å². The summed E-state index contributed by atoms with van der Waals surface area (Å²) in [5, 5.41) is 4.03. The number of hydrogen-bond acceptors (Lipinski definition) is 5. The molecular weight excluding hydrogens is 230 g/mol. The molecule has 1 saturated heterocycles. The Labute approximate surface area is 107 Å². The molecule has 0 radical (unpaired) electrons. The van der Waals surface area contributed by atoms with Crippen molar-refractivity contribution < 1.29 is 9.26 Å². The molecule has 1 aliphatic heterocycles. The SMILES string of the molecule is NC1(Cc2nc(CC3CCCCO3)no2)CCC1. The molecule has 0 bridgehead atoms. The maximum atomic E-state index is 6.18. The van der Waals surface area contributed by atoms with Gasteiger partial charge in [0.15, 0.2) is 5.82 Å². The highest BCUT2D eigenvalue weighted by Crippen LogP contribution is 2.31. The van der Waals surface area contributed by atoms with Crippen LogP contribution in [-0.4, -0.2) is 28.4 Å². The lowest BCUT2D eigenvalue weighted by Gasteiger charge is -2.36. The fraction of sp³-hybridized carbons (Fsp3) is 0.846. The number of rotatable bonds is 4. The Morgan fingerprint density at radius 3 is 2.83 bits per heavy atom. The first-order chi connectivity index (χ1) is 8.73. The number of hydrogen-bond donors (Lipinski definition) is 1. The van der Waals surface area contributed by atoms with Gasteiger partial charge in [-0.15, -0.1) is 0 Å². The van der Waals surface area contributed by atoms with Gasteiger partial charge in [-0.1, -0.05) is 5.16 Å². The second-order valence-corrected chi connectivity index (χ2v) is 5.69. The first kappa shape index (κ1) is 12.1. The molecule has 3 rings (SSSR count). The molecule has 100 valence electrons. The van der Waals surface area contributed by atoms with Crippen LogP contribution in [0.2, 0.25) is 0 Å². The summed E-state index contributed by atoms with van der Waals surface area (Å²) in [5.41, 5.74) is 6.08. The molecule has 2 aliphatic rings. The maximum absolute atomic E-state index is 6.18. The van der Waals surface area contributed by atoms with Gasteiger partial charge in [0.2, 0.25) is 5.89 Å². The van der Waals surface area contributed by atoms with Crippen molar-refractivity contribution >= 4 is 0 Å².